The molecule has 14 heteroatoms. The lowest BCUT2D eigenvalue weighted by atomic mass is 10.1. The van der Waals surface area contributed by atoms with Crippen molar-refractivity contribution in [3.63, 3.8) is 0 Å². The molecule has 4 N–H and O–H groups in total. The van der Waals surface area contributed by atoms with Gasteiger partial charge in [-0.05, 0) is 44.0 Å². The third-order valence-corrected chi connectivity index (χ3v) is 6.50. The minimum Gasteiger partial charge on any atom is -0.378 e. The zero-order valence-corrected chi connectivity index (χ0v) is 21.4. The second-order valence-corrected chi connectivity index (χ2v) is 9.36. The lowest BCUT2D eigenvalue weighted by molar-refractivity contribution is 0.0303. The molecule has 2 fully saturated rings. The Bertz CT molecular complexity index is 1350. The van der Waals surface area contributed by atoms with Gasteiger partial charge in [0.2, 0.25) is 5.95 Å². The van der Waals surface area contributed by atoms with Crippen molar-refractivity contribution < 1.29 is 23.6 Å². The maximum atomic E-state index is 12.7. The van der Waals surface area contributed by atoms with E-state index in [0.717, 1.165) is 12.8 Å². The van der Waals surface area contributed by atoms with Gasteiger partial charge in [-0.3, -0.25) is 14.4 Å². The SMILES string of the molecule is Cc1cc(C(=O)NC2CCCN(c3nnc(C(N)=O)c(Nc4ccc(C(=O)N5CCOCC5)cc4)n3)C2)no1. The van der Waals surface area contributed by atoms with Crippen LogP contribution in [-0.2, 0) is 4.74 Å². The lowest BCUT2D eigenvalue weighted by Crippen LogP contribution is -2.48. The number of carbonyl (C=O) groups is 3. The maximum absolute atomic E-state index is 12.7. The molecule has 3 aromatic rings. The molecule has 204 valence electrons. The summed E-state index contributed by atoms with van der Waals surface area (Å²) in [6.45, 7) is 4.96. The van der Waals surface area contributed by atoms with Crippen molar-refractivity contribution in [1.29, 1.82) is 0 Å². The number of piperidine rings is 1. The Hall–Kier alpha value is -4.59. The van der Waals surface area contributed by atoms with Gasteiger partial charge in [0.15, 0.2) is 17.2 Å². The first kappa shape index (κ1) is 26.0. The van der Waals surface area contributed by atoms with Gasteiger partial charge in [-0.1, -0.05) is 5.16 Å². The van der Waals surface area contributed by atoms with Crippen LogP contribution < -0.4 is 21.3 Å². The fourth-order valence-corrected chi connectivity index (χ4v) is 4.50. The fourth-order valence-electron chi connectivity index (χ4n) is 4.50. The molecule has 0 radical (unpaired) electrons. The van der Waals surface area contributed by atoms with Crippen LogP contribution in [0.2, 0.25) is 0 Å². The van der Waals surface area contributed by atoms with E-state index in [-0.39, 0.29) is 41.0 Å². The predicted molar refractivity (Wildman–Crippen MR) is 139 cm³/mol. The number of morpholine rings is 1. The van der Waals surface area contributed by atoms with Gasteiger partial charge in [-0.25, -0.2) is 0 Å². The molecule has 1 unspecified atom stereocenters. The molecule has 14 nitrogen and oxygen atoms in total. The molecule has 2 aliphatic heterocycles. The molecule has 0 aliphatic carbocycles. The number of nitrogens with one attached hydrogen (secondary N) is 2. The van der Waals surface area contributed by atoms with Crippen molar-refractivity contribution in [1.82, 2.24) is 30.6 Å². The fraction of sp³-hybridized carbons (Fsp3) is 0.400. The normalized spacial score (nSPS) is 17.5. The van der Waals surface area contributed by atoms with Gasteiger partial charge >= 0.3 is 0 Å². The van der Waals surface area contributed by atoms with Gasteiger partial charge in [0.1, 0.15) is 5.76 Å². The highest BCUT2D eigenvalue weighted by atomic mass is 16.5. The molecular weight excluding hydrogens is 506 g/mol. The van der Waals surface area contributed by atoms with Crippen LogP contribution in [0.3, 0.4) is 0 Å². The topological polar surface area (TPSA) is 182 Å². The molecule has 3 amide bonds. The van der Waals surface area contributed by atoms with E-state index < -0.39 is 5.91 Å². The minimum absolute atomic E-state index is 0.0703. The molecule has 0 bridgehead atoms. The Labute approximate surface area is 223 Å². The number of anilines is 3. The molecular formula is C25H29N9O5. The third kappa shape index (κ3) is 6.12. The monoisotopic (exact) mass is 535 g/mol. The Morgan fingerprint density at radius 2 is 1.85 bits per heavy atom. The molecule has 4 heterocycles. The van der Waals surface area contributed by atoms with E-state index in [2.05, 4.69) is 31.0 Å². The predicted octanol–water partition coefficient (Wildman–Crippen LogP) is 0.882. The summed E-state index contributed by atoms with van der Waals surface area (Å²) in [4.78, 5) is 45.4. The number of hydrogen-bond acceptors (Lipinski definition) is 11. The van der Waals surface area contributed by atoms with Gasteiger partial charge in [-0.15, -0.1) is 10.2 Å². The first-order chi connectivity index (χ1) is 18.9. The van der Waals surface area contributed by atoms with Crippen molar-refractivity contribution in [3.8, 4) is 0 Å². The number of carbonyl (C=O) groups excluding carboxylic acids is 3. The largest absolute Gasteiger partial charge is 0.378 e. The summed E-state index contributed by atoms with van der Waals surface area (Å²) in [6, 6.07) is 8.25. The van der Waals surface area contributed by atoms with Gasteiger partial charge in [0, 0.05) is 49.5 Å². The standard InChI is InChI=1S/C25H29N9O5/c1-15-13-19(32-39-15)23(36)28-18-3-2-8-34(14-18)25-29-22(20(21(26)35)30-31-25)27-17-6-4-16(5-7-17)24(37)33-9-11-38-12-10-33/h4-7,13,18H,2-3,8-12,14H2,1H3,(H2,26,35)(H,28,36)(H,27,29,31). The lowest BCUT2D eigenvalue weighted by Gasteiger charge is -2.32. The van der Waals surface area contributed by atoms with Crippen LogP contribution in [0.5, 0.6) is 0 Å². The molecule has 0 spiro atoms. The molecule has 2 saturated heterocycles. The number of ether oxygens (including phenoxy) is 1. The number of aryl methyl sites for hydroxylation is 1. The van der Waals surface area contributed by atoms with E-state index in [0.29, 0.717) is 56.4 Å². The average Bonchev–Trinajstić information content (AvgIpc) is 3.40. The number of nitrogens with two attached hydrogens (primary N) is 1. The highest BCUT2D eigenvalue weighted by molar-refractivity contribution is 5.97. The van der Waals surface area contributed by atoms with Gasteiger partial charge in [-0.2, -0.15) is 4.98 Å². The van der Waals surface area contributed by atoms with E-state index in [1.807, 2.05) is 4.90 Å². The Morgan fingerprint density at radius 1 is 1.08 bits per heavy atom. The molecule has 2 aliphatic rings. The Kier molecular flexibility index (Phi) is 7.63. The van der Waals surface area contributed by atoms with Crippen molar-refractivity contribution in [2.75, 3.05) is 49.6 Å². The van der Waals surface area contributed by atoms with Crippen LogP contribution in [-0.4, -0.2) is 88.4 Å². The van der Waals surface area contributed by atoms with Crippen LogP contribution in [0.1, 0.15) is 49.9 Å². The number of aromatic nitrogens is 4. The first-order valence-corrected chi connectivity index (χ1v) is 12.6. The van der Waals surface area contributed by atoms with Crippen LogP contribution in [0, 0.1) is 6.92 Å². The molecule has 39 heavy (non-hydrogen) atoms. The summed E-state index contributed by atoms with van der Waals surface area (Å²) in [5.41, 5.74) is 6.76. The smallest absolute Gasteiger partial charge is 0.273 e. The number of amides is 3. The van der Waals surface area contributed by atoms with Crippen molar-refractivity contribution >= 4 is 35.2 Å². The molecule has 1 atom stereocenters. The summed E-state index contributed by atoms with van der Waals surface area (Å²) >= 11 is 0. The summed E-state index contributed by atoms with van der Waals surface area (Å²) in [7, 11) is 0. The second kappa shape index (κ2) is 11.4. The van der Waals surface area contributed by atoms with Crippen LogP contribution in [0.25, 0.3) is 0 Å². The van der Waals surface area contributed by atoms with Gasteiger partial charge in [0.05, 0.1) is 13.2 Å². The van der Waals surface area contributed by atoms with E-state index in [1.54, 1.807) is 42.2 Å². The summed E-state index contributed by atoms with van der Waals surface area (Å²) in [5, 5.41) is 17.9. The highest BCUT2D eigenvalue weighted by Crippen LogP contribution is 2.23. The summed E-state index contributed by atoms with van der Waals surface area (Å²) in [6.07, 6.45) is 1.55. The molecule has 1 aromatic carbocycles. The summed E-state index contributed by atoms with van der Waals surface area (Å²) < 4.78 is 10.3. The van der Waals surface area contributed by atoms with E-state index in [9.17, 15) is 14.4 Å². The molecule has 5 rings (SSSR count). The van der Waals surface area contributed by atoms with E-state index in [1.165, 1.54) is 0 Å². The summed E-state index contributed by atoms with van der Waals surface area (Å²) in [5.74, 6) is -0.187. The number of nitrogens with zero attached hydrogens (tertiary/aromatic N) is 6. The van der Waals surface area contributed by atoms with Crippen molar-refractivity contribution in [3.05, 3.63) is 53.0 Å². The minimum atomic E-state index is -0.783. The van der Waals surface area contributed by atoms with E-state index >= 15 is 0 Å². The second-order valence-electron chi connectivity index (χ2n) is 9.36. The highest BCUT2D eigenvalue weighted by Gasteiger charge is 2.26. The average molecular weight is 536 g/mol. The van der Waals surface area contributed by atoms with Gasteiger partial charge in [0.25, 0.3) is 17.7 Å². The third-order valence-electron chi connectivity index (χ3n) is 6.50. The zero-order valence-electron chi connectivity index (χ0n) is 21.4. The zero-order chi connectivity index (χ0) is 27.4. The number of rotatable bonds is 7. The van der Waals surface area contributed by atoms with Crippen LogP contribution >= 0.6 is 0 Å². The van der Waals surface area contributed by atoms with Crippen molar-refractivity contribution in [2.45, 2.75) is 25.8 Å². The quantitative estimate of drug-likeness (QED) is 0.390. The number of primary amides is 1. The van der Waals surface area contributed by atoms with Crippen molar-refractivity contribution in [2.24, 2.45) is 5.73 Å². The Balaban J connectivity index is 1.28. The van der Waals surface area contributed by atoms with E-state index in [4.69, 9.17) is 15.0 Å². The van der Waals surface area contributed by atoms with Gasteiger partial charge < -0.3 is 35.4 Å². The van der Waals surface area contributed by atoms with Crippen LogP contribution in [0.15, 0.2) is 34.9 Å². The maximum Gasteiger partial charge on any atom is 0.273 e. The first-order valence-electron chi connectivity index (χ1n) is 12.6. The van der Waals surface area contributed by atoms with Crippen LogP contribution in [0.4, 0.5) is 17.5 Å². The number of benzene rings is 1. The Morgan fingerprint density at radius 3 is 2.54 bits per heavy atom. The molecule has 2 aromatic heterocycles. The number of hydrogen-bond donors (Lipinski definition) is 3. The molecule has 0 saturated carbocycles.